The van der Waals surface area contributed by atoms with Gasteiger partial charge in [-0.05, 0) is 43.2 Å². The summed E-state index contributed by atoms with van der Waals surface area (Å²) < 4.78 is 33.0. The smallest absolute Gasteiger partial charge is 0.264 e. The van der Waals surface area contributed by atoms with Crippen LogP contribution in [0, 0.1) is 5.92 Å². The lowest BCUT2D eigenvalue weighted by molar-refractivity contribution is -0.126. The number of rotatable bonds is 6. The standard InChI is InChI=1S/C19H20N4O5S2/c24-17-7-5-15(21-22-17)16-6-8-18(29-16)30(26,27)23-9-1-3-13(12-23)19(25)20-11-14-4-2-10-28-14/h2,4-8,10,13H,1,3,9,11-12H2,(H,20,25)(H,22,24)/t13-/m1/s1. The Kier molecular flexibility index (Phi) is 5.84. The fourth-order valence-corrected chi connectivity index (χ4v) is 6.27. The number of furan rings is 1. The summed E-state index contributed by atoms with van der Waals surface area (Å²) in [7, 11) is -3.73. The van der Waals surface area contributed by atoms with Crippen molar-refractivity contribution in [2.24, 2.45) is 5.92 Å². The molecule has 3 aromatic heterocycles. The minimum absolute atomic E-state index is 0.135. The average Bonchev–Trinajstić information content (AvgIpc) is 3.45. The zero-order chi connectivity index (χ0) is 21.1. The number of aromatic nitrogens is 2. The quantitative estimate of drug-likeness (QED) is 0.592. The minimum atomic E-state index is -3.73. The Morgan fingerprint density at radius 3 is 2.90 bits per heavy atom. The first-order valence-corrected chi connectivity index (χ1v) is 11.7. The van der Waals surface area contributed by atoms with Crippen LogP contribution in [-0.4, -0.2) is 41.9 Å². The molecular formula is C19H20N4O5S2. The zero-order valence-corrected chi connectivity index (χ0v) is 17.5. The molecule has 0 saturated carbocycles. The Morgan fingerprint density at radius 1 is 1.30 bits per heavy atom. The lowest BCUT2D eigenvalue weighted by Gasteiger charge is -2.30. The van der Waals surface area contributed by atoms with Gasteiger partial charge in [0, 0.05) is 19.2 Å². The second-order valence-electron chi connectivity index (χ2n) is 6.92. The highest BCUT2D eigenvalue weighted by molar-refractivity contribution is 7.91. The van der Waals surface area contributed by atoms with Crippen LogP contribution >= 0.6 is 11.3 Å². The average molecular weight is 449 g/mol. The maximum atomic E-state index is 13.1. The third-order valence-corrected chi connectivity index (χ3v) is 8.32. The van der Waals surface area contributed by atoms with E-state index in [9.17, 15) is 18.0 Å². The minimum Gasteiger partial charge on any atom is -0.467 e. The van der Waals surface area contributed by atoms with E-state index in [-0.39, 0.29) is 28.8 Å². The Morgan fingerprint density at radius 2 is 2.17 bits per heavy atom. The molecule has 3 aromatic rings. The van der Waals surface area contributed by atoms with Gasteiger partial charge in [0.15, 0.2) is 0 Å². The first-order valence-electron chi connectivity index (χ1n) is 9.40. The fourth-order valence-electron chi connectivity index (χ4n) is 3.31. The largest absolute Gasteiger partial charge is 0.467 e. The molecule has 1 saturated heterocycles. The highest BCUT2D eigenvalue weighted by atomic mass is 32.2. The summed E-state index contributed by atoms with van der Waals surface area (Å²) in [4.78, 5) is 24.3. The number of carbonyl (C=O) groups excluding carboxylic acids is 1. The van der Waals surface area contributed by atoms with E-state index >= 15 is 0 Å². The van der Waals surface area contributed by atoms with Crippen LogP contribution in [0.2, 0.25) is 0 Å². The fraction of sp³-hybridized carbons (Fsp3) is 0.316. The molecule has 0 bridgehead atoms. The maximum Gasteiger partial charge on any atom is 0.264 e. The number of nitrogens with one attached hydrogen (secondary N) is 2. The number of aromatic amines is 1. The summed E-state index contributed by atoms with van der Waals surface area (Å²) in [5, 5.41) is 9.09. The Bertz CT molecular complexity index is 1160. The number of hydrogen-bond donors (Lipinski definition) is 2. The number of carbonyl (C=O) groups is 1. The highest BCUT2D eigenvalue weighted by Gasteiger charge is 2.34. The van der Waals surface area contributed by atoms with Gasteiger partial charge >= 0.3 is 0 Å². The molecule has 1 fully saturated rings. The second-order valence-corrected chi connectivity index (χ2v) is 10.2. The van der Waals surface area contributed by atoms with Crippen LogP contribution in [0.25, 0.3) is 10.6 Å². The van der Waals surface area contributed by atoms with Gasteiger partial charge in [-0.3, -0.25) is 9.59 Å². The summed E-state index contributed by atoms with van der Waals surface area (Å²) in [6, 6.07) is 9.59. The van der Waals surface area contributed by atoms with E-state index in [4.69, 9.17) is 4.42 Å². The van der Waals surface area contributed by atoms with Gasteiger partial charge in [-0.25, -0.2) is 13.5 Å². The molecule has 0 radical (unpaired) electrons. The van der Waals surface area contributed by atoms with E-state index in [1.165, 1.54) is 22.7 Å². The lowest BCUT2D eigenvalue weighted by atomic mass is 9.99. The molecule has 4 rings (SSSR count). The molecule has 0 spiro atoms. The molecule has 4 heterocycles. The van der Waals surface area contributed by atoms with Crippen molar-refractivity contribution < 1.29 is 17.6 Å². The van der Waals surface area contributed by atoms with Crippen LogP contribution in [0.4, 0.5) is 0 Å². The van der Waals surface area contributed by atoms with E-state index in [2.05, 4.69) is 15.5 Å². The molecule has 1 aliphatic heterocycles. The van der Waals surface area contributed by atoms with E-state index in [0.717, 1.165) is 11.3 Å². The zero-order valence-electron chi connectivity index (χ0n) is 15.9. The lowest BCUT2D eigenvalue weighted by Crippen LogP contribution is -2.45. The molecule has 11 heteroatoms. The molecule has 0 unspecified atom stereocenters. The molecule has 2 N–H and O–H groups in total. The predicted octanol–water partition coefficient (Wildman–Crippen LogP) is 1.81. The van der Waals surface area contributed by atoms with Crippen LogP contribution in [0.1, 0.15) is 18.6 Å². The van der Waals surface area contributed by atoms with Gasteiger partial charge in [-0.2, -0.15) is 9.40 Å². The molecule has 1 amide bonds. The van der Waals surface area contributed by atoms with Gasteiger partial charge in [-0.15, -0.1) is 11.3 Å². The monoisotopic (exact) mass is 448 g/mol. The van der Waals surface area contributed by atoms with Gasteiger partial charge in [-0.1, -0.05) is 0 Å². The summed E-state index contributed by atoms with van der Waals surface area (Å²) in [6.07, 6.45) is 2.78. The summed E-state index contributed by atoms with van der Waals surface area (Å²) >= 11 is 1.08. The van der Waals surface area contributed by atoms with Crippen molar-refractivity contribution in [2.45, 2.75) is 23.6 Å². The van der Waals surface area contributed by atoms with Crippen molar-refractivity contribution in [1.29, 1.82) is 0 Å². The second kappa shape index (κ2) is 8.54. The van der Waals surface area contributed by atoms with E-state index < -0.39 is 15.9 Å². The SMILES string of the molecule is O=C(NCc1ccco1)[C@@H]1CCCN(S(=O)(=O)c2ccc(-c3ccc(=O)[nH]n3)s2)C1. The van der Waals surface area contributed by atoms with Crippen molar-refractivity contribution in [3.63, 3.8) is 0 Å². The maximum absolute atomic E-state index is 13.1. The summed E-state index contributed by atoms with van der Waals surface area (Å²) in [5.74, 6) is 0.0463. The van der Waals surface area contributed by atoms with Gasteiger partial charge in [0.25, 0.3) is 15.6 Å². The van der Waals surface area contributed by atoms with Gasteiger partial charge in [0.1, 0.15) is 15.7 Å². The van der Waals surface area contributed by atoms with Crippen molar-refractivity contribution in [1.82, 2.24) is 19.8 Å². The van der Waals surface area contributed by atoms with Crippen LogP contribution in [0.5, 0.6) is 0 Å². The Labute approximate surface area is 176 Å². The number of sulfonamides is 1. The van der Waals surface area contributed by atoms with Crippen LogP contribution in [0.15, 0.2) is 56.1 Å². The molecule has 0 aromatic carbocycles. The molecule has 1 atom stereocenters. The number of hydrogen-bond acceptors (Lipinski definition) is 7. The van der Waals surface area contributed by atoms with Crippen molar-refractivity contribution in [3.8, 4) is 10.6 Å². The molecular weight excluding hydrogens is 428 g/mol. The Balaban J connectivity index is 1.45. The van der Waals surface area contributed by atoms with Crippen molar-refractivity contribution >= 4 is 27.3 Å². The van der Waals surface area contributed by atoms with Gasteiger partial charge in [0.2, 0.25) is 5.91 Å². The van der Waals surface area contributed by atoms with E-state index in [1.807, 2.05) is 0 Å². The molecule has 30 heavy (non-hydrogen) atoms. The summed E-state index contributed by atoms with van der Waals surface area (Å²) in [5.41, 5.74) is 0.169. The molecule has 9 nitrogen and oxygen atoms in total. The van der Waals surface area contributed by atoms with E-state index in [0.29, 0.717) is 35.7 Å². The number of amides is 1. The van der Waals surface area contributed by atoms with Crippen LogP contribution in [-0.2, 0) is 21.4 Å². The first kappa shape index (κ1) is 20.5. The Hall–Kier alpha value is -2.76. The van der Waals surface area contributed by atoms with Crippen LogP contribution in [0.3, 0.4) is 0 Å². The van der Waals surface area contributed by atoms with E-state index in [1.54, 1.807) is 24.3 Å². The highest BCUT2D eigenvalue weighted by Crippen LogP contribution is 2.32. The predicted molar refractivity (Wildman–Crippen MR) is 110 cm³/mol. The number of nitrogens with zero attached hydrogens (tertiary/aromatic N) is 2. The normalized spacial score (nSPS) is 17.7. The van der Waals surface area contributed by atoms with Gasteiger partial charge in [0.05, 0.1) is 23.6 Å². The van der Waals surface area contributed by atoms with Crippen molar-refractivity contribution in [3.05, 3.63) is 58.8 Å². The topological polar surface area (TPSA) is 125 Å². The molecule has 0 aliphatic carbocycles. The molecule has 1 aliphatic rings. The van der Waals surface area contributed by atoms with Gasteiger partial charge < -0.3 is 9.73 Å². The van der Waals surface area contributed by atoms with Crippen molar-refractivity contribution in [2.75, 3.05) is 13.1 Å². The number of piperidine rings is 1. The first-order chi connectivity index (χ1) is 14.4. The number of thiophene rings is 1. The summed E-state index contributed by atoms with van der Waals surface area (Å²) in [6.45, 7) is 0.778. The third kappa shape index (κ3) is 4.37. The van der Waals surface area contributed by atoms with Crippen LogP contribution < -0.4 is 10.9 Å². The molecule has 158 valence electrons. The third-order valence-electron chi connectivity index (χ3n) is 4.88. The number of H-pyrrole nitrogens is 1.